The third-order valence-electron chi connectivity index (χ3n) is 2.97. The van der Waals surface area contributed by atoms with E-state index in [0.29, 0.717) is 12.0 Å². The Bertz CT molecular complexity index is 511. The molecule has 0 aliphatic heterocycles. The molecule has 18 heavy (non-hydrogen) atoms. The van der Waals surface area contributed by atoms with E-state index < -0.39 is 11.6 Å². The van der Waals surface area contributed by atoms with Gasteiger partial charge in [-0.2, -0.15) is 0 Å². The van der Waals surface area contributed by atoms with E-state index in [1.807, 2.05) is 30.3 Å². The average Bonchev–Trinajstić information content (AvgIpc) is 2.39. The first kappa shape index (κ1) is 12.7. The van der Waals surface area contributed by atoms with Gasteiger partial charge in [-0.3, -0.25) is 0 Å². The summed E-state index contributed by atoms with van der Waals surface area (Å²) in [5.41, 5.74) is 1.36. The molecule has 1 unspecified atom stereocenters. The van der Waals surface area contributed by atoms with Crippen molar-refractivity contribution in [3.8, 4) is 0 Å². The van der Waals surface area contributed by atoms with Crippen LogP contribution in [0.3, 0.4) is 0 Å². The van der Waals surface area contributed by atoms with Crippen LogP contribution in [0.2, 0.25) is 0 Å². The Morgan fingerprint density at radius 1 is 1.00 bits per heavy atom. The van der Waals surface area contributed by atoms with Crippen LogP contribution in [0.5, 0.6) is 0 Å². The standard InChI is InChI=1S/C15H14F2O/c16-14-7-6-12(15(17)9-14)8-13(10-18)11-4-2-1-3-5-11/h1-7,9,13,18H,8,10H2. The quantitative estimate of drug-likeness (QED) is 0.880. The molecule has 0 saturated heterocycles. The van der Waals surface area contributed by atoms with Gasteiger partial charge in [0.2, 0.25) is 0 Å². The monoisotopic (exact) mass is 248 g/mol. The zero-order valence-electron chi connectivity index (χ0n) is 9.81. The maximum absolute atomic E-state index is 13.5. The van der Waals surface area contributed by atoms with Crippen LogP contribution in [0.1, 0.15) is 17.0 Å². The topological polar surface area (TPSA) is 20.2 Å². The van der Waals surface area contributed by atoms with Crippen molar-refractivity contribution in [1.82, 2.24) is 0 Å². The highest BCUT2D eigenvalue weighted by atomic mass is 19.1. The van der Waals surface area contributed by atoms with E-state index in [0.717, 1.165) is 11.6 Å². The van der Waals surface area contributed by atoms with Crippen molar-refractivity contribution < 1.29 is 13.9 Å². The number of hydrogen-bond donors (Lipinski definition) is 1. The first-order valence-corrected chi connectivity index (χ1v) is 5.80. The van der Waals surface area contributed by atoms with E-state index in [4.69, 9.17) is 0 Å². The van der Waals surface area contributed by atoms with Crippen molar-refractivity contribution in [2.45, 2.75) is 12.3 Å². The van der Waals surface area contributed by atoms with Crippen LogP contribution in [0.25, 0.3) is 0 Å². The lowest BCUT2D eigenvalue weighted by Gasteiger charge is -2.15. The number of hydrogen-bond acceptors (Lipinski definition) is 1. The Balaban J connectivity index is 2.21. The molecule has 3 heteroatoms. The largest absolute Gasteiger partial charge is 0.396 e. The number of benzene rings is 2. The molecule has 0 saturated carbocycles. The average molecular weight is 248 g/mol. The predicted molar refractivity (Wildman–Crippen MR) is 66.3 cm³/mol. The summed E-state index contributed by atoms with van der Waals surface area (Å²) < 4.78 is 26.3. The third kappa shape index (κ3) is 2.93. The molecular weight excluding hydrogens is 234 g/mol. The van der Waals surface area contributed by atoms with Gasteiger partial charge in [0.15, 0.2) is 0 Å². The van der Waals surface area contributed by atoms with E-state index in [-0.39, 0.29) is 12.5 Å². The fourth-order valence-corrected chi connectivity index (χ4v) is 1.97. The summed E-state index contributed by atoms with van der Waals surface area (Å²) in [6.07, 6.45) is 0.354. The van der Waals surface area contributed by atoms with Crippen LogP contribution in [0, 0.1) is 11.6 Å². The minimum Gasteiger partial charge on any atom is -0.396 e. The molecule has 94 valence electrons. The Hall–Kier alpha value is -1.74. The molecule has 0 heterocycles. The van der Waals surface area contributed by atoms with E-state index in [2.05, 4.69) is 0 Å². The van der Waals surface area contributed by atoms with Crippen molar-refractivity contribution >= 4 is 0 Å². The Kier molecular flexibility index (Phi) is 4.05. The summed E-state index contributed by atoms with van der Waals surface area (Å²) in [4.78, 5) is 0. The first-order chi connectivity index (χ1) is 8.70. The van der Waals surface area contributed by atoms with E-state index >= 15 is 0 Å². The van der Waals surface area contributed by atoms with Crippen molar-refractivity contribution in [1.29, 1.82) is 0 Å². The summed E-state index contributed by atoms with van der Waals surface area (Å²) >= 11 is 0. The van der Waals surface area contributed by atoms with Crippen molar-refractivity contribution in [2.24, 2.45) is 0 Å². The Morgan fingerprint density at radius 3 is 2.33 bits per heavy atom. The fourth-order valence-electron chi connectivity index (χ4n) is 1.97. The molecule has 0 bridgehead atoms. The number of aliphatic hydroxyl groups is 1. The Labute approximate surface area is 105 Å². The molecule has 1 nitrogen and oxygen atoms in total. The molecule has 2 aromatic carbocycles. The molecule has 0 fully saturated rings. The molecular formula is C15H14F2O. The van der Waals surface area contributed by atoms with E-state index in [1.54, 1.807) is 0 Å². The molecule has 1 atom stereocenters. The minimum absolute atomic E-state index is 0.0686. The molecule has 0 aliphatic carbocycles. The van der Waals surface area contributed by atoms with Gasteiger partial charge in [0.05, 0.1) is 6.61 Å². The van der Waals surface area contributed by atoms with Gasteiger partial charge in [-0.05, 0) is 23.6 Å². The van der Waals surface area contributed by atoms with Crippen LogP contribution in [0.4, 0.5) is 8.78 Å². The molecule has 0 amide bonds. The number of aliphatic hydroxyl groups excluding tert-OH is 1. The van der Waals surface area contributed by atoms with Gasteiger partial charge in [-0.25, -0.2) is 8.78 Å². The molecule has 0 spiro atoms. The predicted octanol–water partition coefficient (Wildman–Crippen LogP) is 3.28. The lowest BCUT2D eigenvalue weighted by atomic mass is 9.92. The second-order valence-corrected chi connectivity index (χ2v) is 4.23. The van der Waals surface area contributed by atoms with E-state index in [1.165, 1.54) is 12.1 Å². The maximum atomic E-state index is 13.5. The van der Waals surface area contributed by atoms with Crippen molar-refractivity contribution in [3.63, 3.8) is 0 Å². The highest BCUT2D eigenvalue weighted by molar-refractivity contribution is 5.25. The summed E-state index contributed by atoms with van der Waals surface area (Å²) in [6, 6.07) is 12.9. The second kappa shape index (κ2) is 5.74. The second-order valence-electron chi connectivity index (χ2n) is 4.23. The molecule has 0 aliphatic rings. The summed E-state index contributed by atoms with van der Waals surface area (Å²) in [6.45, 7) is -0.0686. The van der Waals surface area contributed by atoms with Crippen LogP contribution in [0.15, 0.2) is 48.5 Å². The van der Waals surface area contributed by atoms with Gasteiger partial charge in [0.1, 0.15) is 11.6 Å². The molecule has 1 N–H and O–H groups in total. The van der Waals surface area contributed by atoms with Crippen LogP contribution in [-0.4, -0.2) is 11.7 Å². The fraction of sp³-hybridized carbons (Fsp3) is 0.200. The smallest absolute Gasteiger partial charge is 0.129 e. The molecule has 0 aromatic heterocycles. The summed E-state index contributed by atoms with van der Waals surface area (Å²) in [5, 5.41) is 9.39. The lowest BCUT2D eigenvalue weighted by Crippen LogP contribution is -2.09. The first-order valence-electron chi connectivity index (χ1n) is 5.80. The lowest BCUT2D eigenvalue weighted by molar-refractivity contribution is 0.263. The normalized spacial score (nSPS) is 12.4. The molecule has 0 radical (unpaired) electrons. The van der Waals surface area contributed by atoms with Crippen molar-refractivity contribution in [2.75, 3.05) is 6.61 Å². The van der Waals surface area contributed by atoms with Gasteiger partial charge >= 0.3 is 0 Å². The summed E-state index contributed by atoms with van der Waals surface area (Å²) in [5.74, 6) is -1.33. The third-order valence-corrected chi connectivity index (χ3v) is 2.97. The molecule has 2 rings (SSSR count). The number of halogens is 2. The highest BCUT2D eigenvalue weighted by Gasteiger charge is 2.14. The van der Waals surface area contributed by atoms with Gasteiger partial charge in [0.25, 0.3) is 0 Å². The number of rotatable bonds is 4. The van der Waals surface area contributed by atoms with Crippen LogP contribution < -0.4 is 0 Å². The highest BCUT2D eigenvalue weighted by Crippen LogP contribution is 2.22. The molecule has 2 aromatic rings. The zero-order valence-corrected chi connectivity index (χ0v) is 9.81. The van der Waals surface area contributed by atoms with Gasteiger partial charge in [-0.1, -0.05) is 36.4 Å². The van der Waals surface area contributed by atoms with Crippen LogP contribution in [-0.2, 0) is 6.42 Å². The zero-order chi connectivity index (χ0) is 13.0. The van der Waals surface area contributed by atoms with Crippen molar-refractivity contribution in [3.05, 3.63) is 71.3 Å². The maximum Gasteiger partial charge on any atom is 0.129 e. The van der Waals surface area contributed by atoms with Gasteiger partial charge in [-0.15, -0.1) is 0 Å². The van der Waals surface area contributed by atoms with Gasteiger partial charge < -0.3 is 5.11 Å². The minimum atomic E-state index is -0.587. The SMILES string of the molecule is OCC(Cc1ccc(F)cc1F)c1ccccc1. The van der Waals surface area contributed by atoms with Crippen LogP contribution >= 0.6 is 0 Å². The van der Waals surface area contributed by atoms with E-state index in [9.17, 15) is 13.9 Å². The summed E-state index contributed by atoms with van der Waals surface area (Å²) in [7, 11) is 0. The van der Waals surface area contributed by atoms with Gasteiger partial charge in [0, 0.05) is 12.0 Å². The Morgan fingerprint density at radius 2 is 1.72 bits per heavy atom.